The molecule has 2 saturated carbocycles. The molecular weight excluding hydrogens is 958 g/mol. The van der Waals surface area contributed by atoms with E-state index in [4.69, 9.17) is 18.9 Å². The molecule has 2 aliphatic carbocycles. The maximum Gasteiger partial charge on any atom is 0.297 e. The number of amides is 1. The van der Waals surface area contributed by atoms with Gasteiger partial charge >= 0.3 is 0 Å². The molecule has 17 nitrogen and oxygen atoms in total. The number of carbonyl (C=O) groups excluding carboxylic acids is 1. The molecule has 5 heterocycles. The molecule has 0 unspecified atom stereocenters. The van der Waals surface area contributed by atoms with Gasteiger partial charge in [-0.05, 0) is 112 Å². The second-order valence-corrected chi connectivity index (χ2v) is 23.3. The van der Waals surface area contributed by atoms with Crippen molar-refractivity contribution in [2.24, 2.45) is 11.3 Å². The van der Waals surface area contributed by atoms with Crippen LogP contribution < -0.4 is 29.1 Å². The summed E-state index contributed by atoms with van der Waals surface area (Å²) in [5, 5.41) is 26.3. The third-order valence-corrected chi connectivity index (χ3v) is 17.6. The lowest BCUT2D eigenvalue weighted by molar-refractivity contribution is -0.384. The minimum Gasteiger partial charge on any atom is -0.489 e. The fraction of sp³-hybridized carbons (Fsp3) is 0.519. The van der Waals surface area contributed by atoms with E-state index < -0.39 is 42.9 Å². The number of anilines is 2. The number of benzene rings is 3. The monoisotopic (exact) mass is 1020 g/mol. The summed E-state index contributed by atoms with van der Waals surface area (Å²) in [4.78, 5) is 37.8. The zero-order valence-corrected chi connectivity index (χ0v) is 42.9. The van der Waals surface area contributed by atoms with E-state index >= 15 is 4.39 Å². The third kappa shape index (κ3) is 10.3. The molecule has 0 bridgehead atoms. The zero-order chi connectivity index (χ0) is 51.4. The molecule has 4 fully saturated rings. The summed E-state index contributed by atoms with van der Waals surface area (Å²) in [7, 11) is -3.25. The number of hydrogen-bond acceptors (Lipinski definition) is 14. The highest BCUT2D eigenvalue weighted by atomic mass is 32.2. The minimum atomic E-state index is -4.78. The number of rotatable bonds is 15. The van der Waals surface area contributed by atoms with E-state index in [1.54, 1.807) is 26.0 Å². The number of methoxy groups -OCH3 is 1. The molecular formula is C54H66FN7O10S. The van der Waals surface area contributed by atoms with Crippen molar-refractivity contribution in [3.63, 3.8) is 0 Å². The zero-order valence-electron chi connectivity index (χ0n) is 42.1. The van der Waals surface area contributed by atoms with E-state index in [0.29, 0.717) is 43.6 Å². The van der Waals surface area contributed by atoms with Crippen LogP contribution in [0.2, 0.25) is 0 Å². The Morgan fingerprint density at radius 1 is 1.03 bits per heavy atom. The van der Waals surface area contributed by atoms with Crippen LogP contribution >= 0.6 is 0 Å². The Kier molecular flexibility index (Phi) is 13.8. The number of hydrogen-bond donors (Lipinski definition) is 4. The number of pyridine rings is 1. The average Bonchev–Trinajstić information content (AvgIpc) is 4.00. The molecule has 4 N–H and O–H groups in total. The van der Waals surface area contributed by atoms with Gasteiger partial charge in [0.2, 0.25) is 0 Å². The standard InChI is InChI=1S/C54H66FN7O10S/c1-32(2)37-9-6-7-10-38(37)39-11-8-12-44(39)61-30-54(31-61)19-21-60(22-20-54)35-13-14-40(46(23-35)72-48-26-41-42(55)27-56-50(41)58-52(48)71-28-33(3)69-5)51(63)59-73(67,68)36-24-45(62(65)66)49-47(25-36)70-29-43(57-49)34-15-17-53(4,64)18-16-34/h6-7,9-10,13-14,23-27,32-34,39,43-44,57,64H,8,11-12,15-22,28-31H2,1-5H3,(H,56,58)(H,59,63)/t33-,34?,39+,43-,44+,53?/m1/s1. The molecule has 2 saturated heterocycles. The molecule has 2 aromatic heterocycles. The molecule has 4 atom stereocenters. The third-order valence-electron chi connectivity index (χ3n) is 16.3. The van der Waals surface area contributed by atoms with Gasteiger partial charge in [0.1, 0.15) is 30.4 Å². The second-order valence-electron chi connectivity index (χ2n) is 21.6. The summed E-state index contributed by atoms with van der Waals surface area (Å²) in [6.07, 6.45) is 8.87. The number of aromatic nitrogens is 2. The van der Waals surface area contributed by atoms with Gasteiger partial charge in [-0.3, -0.25) is 19.8 Å². The lowest BCUT2D eigenvalue weighted by atomic mass is 9.70. The number of ether oxygens (including phenoxy) is 4. The fourth-order valence-corrected chi connectivity index (χ4v) is 12.9. The number of aliphatic hydroxyl groups is 1. The molecule has 73 heavy (non-hydrogen) atoms. The summed E-state index contributed by atoms with van der Waals surface area (Å²) in [6.45, 7) is 11.9. The predicted octanol–water partition coefficient (Wildman–Crippen LogP) is 9.41. The summed E-state index contributed by atoms with van der Waals surface area (Å²) < 4.78 is 69.4. The van der Waals surface area contributed by atoms with Gasteiger partial charge in [0, 0.05) is 75.5 Å². The van der Waals surface area contributed by atoms with Crippen LogP contribution in [-0.4, -0.2) is 110 Å². The molecule has 3 aromatic carbocycles. The number of carbonyl (C=O) groups is 1. The first kappa shape index (κ1) is 50.5. The molecule has 10 rings (SSSR count). The van der Waals surface area contributed by atoms with Crippen LogP contribution in [0.5, 0.6) is 23.1 Å². The number of halogens is 1. The van der Waals surface area contributed by atoms with Crippen LogP contribution in [0.25, 0.3) is 11.0 Å². The Balaban J connectivity index is 0.904. The predicted molar refractivity (Wildman–Crippen MR) is 274 cm³/mol. The SMILES string of the molecule is CO[C@H](C)COc1nc2[nH]cc(F)c2cc1Oc1cc(N2CCC3(CC2)CN([C@H]2CCC[C@H]2c2ccccc2C(C)C)C3)ccc1C(=O)NS(=O)(=O)c1cc2c(c([N+](=O)[O-])c1)N[C@@H](C1CCC(C)(O)CC1)CO2. The van der Waals surface area contributed by atoms with Crippen molar-refractivity contribution in [1.82, 2.24) is 19.6 Å². The molecule has 0 radical (unpaired) electrons. The molecule has 19 heteroatoms. The number of aromatic amines is 1. The first-order chi connectivity index (χ1) is 34.9. The number of likely N-dealkylation sites (tertiary alicyclic amines) is 1. The molecule has 390 valence electrons. The van der Waals surface area contributed by atoms with Gasteiger partial charge in [-0.1, -0.05) is 44.5 Å². The molecule has 1 spiro atoms. The second kappa shape index (κ2) is 20.0. The van der Waals surface area contributed by atoms with Crippen molar-refractivity contribution in [1.29, 1.82) is 0 Å². The number of nitrogens with zero attached hydrogens (tertiary/aromatic N) is 4. The number of nitro groups is 1. The number of piperidine rings is 1. The lowest BCUT2D eigenvalue weighted by Crippen LogP contribution is -2.63. The first-order valence-corrected chi connectivity index (χ1v) is 27.1. The Morgan fingerprint density at radius 2 is 1.78 bits per heavy atom. The number of sulfonamides is 1. The smallest absolute Gasteiger partial charge is 0.297 e. The van der Waals surface area contributed by atoms with Crippen LogP contribution in [0, 0.1) is 27.3 Å². The van der Waals surface area contributed by atoms with E-state index in [2.05, 4.69) is 67.9 Å². The van der Waals surface area contributed by atoms with Crippen molar-refractivity contribution >= 4 is 44.0 Å². The number of H-pyrrole nitrogens is 1. The Morgan fingerprint density at radius 3 is 2.51 bits per heavy atom. The van der Waals surface area contributed by atoms with E-state index in [9.17, 15) is 28.4 Å². The Labute approximate surface area is 425 Å². The van der Waals surface area contributed by atoms with Crippen LogP contribution in [0.15, 0.2) is 71.8 Å². The molecule has 5 aliphatic rings. The largest absolute Gasteiger partial charge is 0.489 e. The minimum absolute atomic E-state index is 0.0261. The molecule has 3 aliphatic heterocycles. The highest BCUT2D eigenvalue weighted by molar-refractivity contribution is 7.90. The van der Waals surface area contributed by atoms with Crippen molar-refractivity contribution < 1.29 is 46.6 Å². The van der Waals surface area contributed by atoms with Crippen molar-refractivity contribution in [3.8, 4) is 23.1 Å². The maximum atomic E-state index is 15.1. The van der Waals surface area contributed by atoms with E-state index in [0.717, 1.165) is 63.0 Å². The van der Waals surface area contributed by atoms with E-state index in [-0.39, 0.29) is 82.1 Å². The van der Waals surface area contributed by atoms with E-state index in [1.165, 1.54) is 49.6 Å². The summed E-state index contributed by atoms with van der Waals surface area (Å²) in [5.41, 5.74) is 2.60. The summed E-state index contributed by atoms with van der Waals surface area (Å²) in [6, 6.07) is 17.5. The van der Waals surface area contributed by atoms with Crippen LogP contribution in [0.4, 0.5) is 21.5 Å². The van der Waals surface area contributed by atoms with Gasteiger partial charge < -0.3 is 39.3 Å². The number of nitro benzene ring substituents is 1. The van der Waals surface area contributed by atoms with Crippen LogP contribution in [-0.2, 0) is 14.8 Å². The molecule has 1 amide bonds. The van der Waals surface area contributed by atoms with Crippen molar-refractivity contribution in [3.05, 3.63) is 99.5 Å². The quantitative estimate of drug-likeness (QED) is 0.0569. The summed E-state index contributed by atoms with van der Waals surface area (Å²) >= 11 is 0. The molecule has 5 aromatic rings. The Hall–Kier alpha value is -6.02. The Bertz CT molecular complexity index is 2990. The first-order valence-electron chi connectivity index (χ1n) is 25.6. The fourth-order valence-electron chi connectivity index (χ4n) is 11.9. The lowest BCUT2D eigenvalue weighted by Gasteiger charge is -2.57. The normalized spacial score (nSPS) is 24.4. The van der Waals surface area contributed by atoms with Gasteiger partial charge in [-0.2, -0.15) is 4.98 Å². The van der Waals surface area contributed by atoms with Crippen molar-refractivity contribution in [2.45, 2.75) is 126 Å². The summed E-state index contributed by atoms with van der Waals surface area (Å²) in [5.74, 6) is -0.777. The maximum absolute atomic E-state index is 15.1. The van der Waals surface area contributed by atoms with Gasteiger partial charge in [0.05, 0.1) is 38.5 Å². The van der Waals surface area contributed by atoms with Gasteiger partial charge in [0.25, 0.3) is 27.5 Å². The number of fused-ring (bicyclic) bond motifs is 2. The van der Waals surface area contributed by atoms with Gasteiger partial charge in [-0.25, -0.2) is 17.5 Å². The van der Waals surface area contributed by atoms with Crippen LogP contribution in [0.3, 0.4) is 0 Å². The highest BCUT2D eigenvalue weighted by Crippen LogP contribution is 2.50. The van der Waals surface area contributed by atoms with Gasteiger partial charge in [0.15, 0.2) is 17.2 Å². The van der Waals surface area contributed by atoms with E-state index in [1.807, 2.05) is 0 Å². The van der Waals surface area contributed by atoms with Gasteiger partial charge in [-0.15, -0.1) is 0 Å². The topological polar surface area (TPSA) is 211 Å². The average molecular weight is 1020 g/mol. The van der Waals surface area contributed by atoms with Crippen molar-refractivity contribution in [2.75, 3.05) is 56.7 Å². The van der Waals surface area contributed by atoms with Crippen LogP contribution in [0.1, 0.15) is 119 Å². The highest BCUT2D eigenvalue weighted by Gasteiger charge is 2.49. The number of nitrogens with one attached hydrogen (secondary N) is 3.